The first kappa shape index (κ1) is 14.3. The summed E-state index contributed by atoms with van der Waals surface area (Å²) in [4.78, 5) is 0. The Morgan fingerprint density at radius 2 is 2.18 bits per heavy atom. The van der Waals surface area contributed by atoms with Gasteiger partial charge in [-0.2, -0.15) is 0 Å². The third-order valence-corrected chi connectivity index (χ3v) is 3.21. The topological polar surface area (TPSA) is 86.6 Å². The summed E-state index contributed by atoms with van der Waals surface area (Å²) in [5, 5.41) is 9.79. The van der Waals surface area contributed by atoms with E-state index in [1.165, 1.54) is 0 Å². The monoisotopic (exact) mass is 320 g/mol. The number of nitrogens with two attached hydrogens (primary N) is 1. The van der Waals surface area contributed by atoms with Gasteiger partial charge in [0.05, 0.1) is 24.6 Å². The summed E-state index contributed by atoms with van der Waals surface area (Å²) in [5.74, 6) is 0. The largest absolute Gasteiger partial charge is 0.322 e. The van der Waals surface area contributed by atoms with Crippen molar-refractivity contribution in [1.82, 2.24) is 4.72 Å². The molecule has 0 atom stereocenters. The van der Waals surface area contributed by atoms with Gasteiger partial charge in [0.1, 0.15) is 6.20 Å². The van der Waals surface area contributed by atoms with Crippen LogP contribution in [0.4, 0.5) is 0 Å². The highest BCUT2D eigenvalue weighted by atomic mass is 79.9. The Bertz CT molecular complexity index is 518. The molecule has 1 aliphatic rings. The van der Waals surface area contributed by atoms with Crippen LogP contribution in [0.15, 0.2) is 34.0 Å². The Morgan fingerprint density at radius 3 is 2.71 bits per heavy atom. The Labute approximate surface area is 109 Å². The van der Waals surface area contributed by atoms with Gasteiger partial charge in [0.2, 0.25) is 10.0 Å². The molecular weight excluding hydrogens is 306 g/mol. The summed E-state index contributed by atoms with van der Waals surface area (Å²) in [5.41, 5.74) is 1.73. The molecule has 0 saturated carbocycles. The van der Waals surface area contributed by atoms with Crippen molar-refractivity contribution >= 4 is 31.7 Å². The van der Waals surface area contributed by atoms with E-state index in [1.807, 2.05) is 24.6 Å². The third kappa shape index (κ3) is 4.55. The number of halogens is 1. The Hall–Kier alpha value is -0.760. The maximum atomic E-state index is 11.0. The molecule has 17 heavy (non-hydrogen) atoms. The second-order valence-corrected chi connectivity index (χ2v) is 6.37. The minimum absolute atomic E-state index is 0.127. The van der Waals surface area contributed by atoms with Gasteiger partial charge >= 0.3 is 0 Å². The standard InChI is InChI=1S/C10H14BrN3O2S/c1-13-5-7-3-9(11)4-8(10(7)12)6-14-17(2,15)16/h3-5,12-14H,6H2,1-2H3/p+1/b7-5-,12-10?. The molecular formula is C10H15BrN3O2S+. The summed E-state index contributed by atoms with van der Waals surface area (Å²) < 4.78 is 25.2. The lowest BCUT2D eigenvalue weighted by Gasteiger charge is -2.14. The molecule has 0 unspecified atom stereocenters. The molecule has 0 spiro atoms. The van der Waals surface area contributed by atoms with Crippen molar-refractivity contribution < 1.29 is 13.7 Å². The number of quaternary nitrogens is 1. The van der Waals surface area contributed by atoms with Gasteiger partial charge in [0.25, 0.3) is 0 Å². The van der Waals surface area contributed by atoms with Crippen LogP contribution in [0.25, 0.3) is 0 Å². The molecule has 0 aromatic carbocycles. The number of hydrogen-bond acceptors (Lipinski definition) is 3. The molecule has 0 aliphatic heterocycles. The van der Waals surface area contributed by atoms with E-state index in [-0.39, 0.29) is 6.54 Å². The van der Waals surface area contributed by atoms with Crippen LogP contribution in [-0.4, -0.2) is 34.0 Å². The van der Waals surface area contributed by atoms with Crippen LogP contribution < -0.4 is 10.0 Å². The highest BCUT2D eigenvalue weighted by Gasteiger charge is 2.16. The van der Waals surface area contributed by atoms with Gasteiger partial charge < -0.3 is 5.32 Å². The number of nitrogens with one attached hydrogen (secondary N) is 2. The first-order valence-corrected chi connectivity index (χ1v) is 7.63. The van der Waals surface area contributed by atoms with Crippen LogP contribution >= 0.6 is 15.9 Å². The van der Waals surface area contributed by atoms with E-state index in [0.717, 1.165) is 16.3 Å². The minimum Gasteiger partial charge on any atom is -0.322 e. The van der Waals surface area contributed by atoms with Crippen LogP contribution in [0, 0.1) is 5.41 Å². The van der Waals surface area contributed by atoms with Crippen LogP contribution in [0.1, 0.15) is 0 Å². The zero-order chi connectivity index (χ0) is 13.1. The molecule has 94 valence electrons. The van der Waals surface area contributed by atoms with Crippen molar-refractivity contribution in [2.45, 2.75) is 0 Å². The second-order valence-electron chi connectivity index (χ2n) is 3.62. The van der Waals surface area contributed by atoms with E-state index in [9.17, 15) is 8.42 Å². The molecule has 7 heteroatoms. The van der Waals surface area contributed by atoms with Gasteiger partial charge in [-0.15, -0.1) is 0 Å². The fourth-order valence-electron chi connectivity index (χ4n) is 1.35. The Kier molecular flexibility index (Phi) is 4.81. The highest BCUT2D eigenvalue weighted by molar-refractivity contribution is 9.11. The van der Waals surface area contributed by atoms with Crippen LogP contribution in [-0.2, 0) is 10.0 Å². The molecule has 0 aromatic rings. The van der Waals surface area contributed by atoms with E-state index in [0.29, 0.717) is 11.3 Å². The average Bonchev–Trinajstić information content (AvgIpc) is 2.20. The lowest BCUT2D eigenvalue weighted by Crippen LogP contribution is -2.73. The van der Waals surface area contributed by atoms with Crippen LogP contribution in [0.5, 0.6) is 0 Å². The van der Waals surface area contributed by atoms with E-state index in [2.05, 4.69) is 20.7 Å². The zero-order valence-electron chi connectivity index (χ0n) is 9.62. The molecule has 0 fully saturated rings. The summed E-state index contributed by atoms with van der Waals surface area (Å²) in [6.07, 6.45) is 6.48. The molecule has 0 aromatic heterocycles. The van der Waals surface area contributed by atoms with Crippen molar-refractivity contribution in [2.75, 3.05) is 19.8 Å². The lowest BCUT2D eigenvalue weighted by atomic mass is 9.98. The summed E-state index contributed by atoms with van der Waals surface area (Å²) >= 11 is 3.34. The predicted molar refractivity (Wildman–Crippen MR) is 71.6 cm³/mol. The molecule has 4 N–H and O–H groups in total. The molecule has 0 saturated heterocycles. The summed E-state index contributed by atoms with van der Waals surface area (Å²) in [6.45, 7) is 0.127. The molecule has 0 heterocycles. The first-order chi connectivity index (χ1) is 7.83. The zero-order valence-corrected chi connectivity index (χ0v) is 12.0. The number of hydrogen-bond donors (Lipinski definition) is 3. The van der Waals surface area contributed by atoms with Crippen LogP contribution in [0.3, 0.4) is 0 Å². The van der Waals surface area contributed by atoms with E-state index in [1.54, 1.807) is 6.08 Å². The lowest BCUT2D eigenvalue weighted by molar-refractivity contribution is -0.556. The van der Waals surface area contributed by atoms with Crippen molar-refractivity contribution in [3.8, 4) is 0 Å². The third-order valence-electron chi connectivity index (χ3n) is 2.09. The molecule has 5 nitrogen and oxygen atoms in total. The number of rotatable bonds is 4. The molecule has 0 radical (unpaired) electrons. The van der Waals surface area contributed by atoms with Crippen molar-refractivity contribution in [1.29, 1.82) is 5.41 Å². The SMILES string of the molecule is C[NH2+]/C=C1/C=C(Br)C=C(CNS(C)(=O)=O)C1=N. The number of allylic oxidation sites excluding steroid dienone is 4. The molecule has 0 amide bonds. The molecule has 1 rings (SSSR count). The van der Waals surface area contributed by atoms with Gasteiger partial charge in [-0.25, -0.2) is 13.1 Å². The summed E-state index contributed by atoms with van der Waals surface area (Å²) in [6, 6.07) is 0. The smallest absolute Gasteiger partial charge is 0.209 e. The minimum atomic E-state index is -3.24. The summed E-state index contributed by atoms with van der Waals surface area (Å²) in [7, 11) is -1.37. The van der Waals surface area contributed by atoms with Gasteiger partial charge in [-0.05, 0) is 17.7 Å². The van der Waals surface area contributed by atoms with E-state index in [4.69, 9.17) is 5.41 Å². The average molecular weight is 321 g/mol. The fourth-order valence-corrected chi connectivity index (χ4v) is 2.29. The van der Waals surface area contributed by atoms with E-state index < -0.39 is 10.0 Å². The van der Waals surface area contributed by atoms with Crippen molar-refractivity contribution in [2.24, 2.45) is 0 Å². The predicted octanol–water partition coefficient (Wildman–Crippen LogP) is -0.149. The van der Waals surface area contributed by atoms with Crippen molar-refractivity contribution in [3.63, 3.8) is 0 Å². The maximum Gasteiger partial charge on any atom is 0.209 e. The van der Waals surface area contributed by atoms with Crippen molar-refractivity contribution in [3.05, 3.63) is 34.0 Å². The Balaban J connectivity index is 2.90. The highest BCUT2D eigenvalue weighted by Crippen LogP contribution is 2.22. The van der Waals surface area contributed by atoms with Gasteiger partial charge in [-0.3, -0.25) is 5.41 Å². The van der Waals surface area contributed by atoms with Gasteiger partial charge in [0, 0.05) is 11.0 Å². The van der Waals surface area contributed by atoms with E-state index >= 15 is 0 Å². The maximum absolute atomic E-state index is 11.0. The van der Waals surface area contributed by atoms with Gasteiger partial charge in [-0.1, -0.05) is 15.9 Å². The Morgan fingerprint density at radius 1 is 1.53 bits per heavy atom. The quantitative estimate of drug-likeness (QED) is 0.673. The van der Waals surface area contributed by atoms with Crippen LogP contribution in [0.2, 0.25) is 0 Å². The molecule has 0 bridgehead atoms. The molecule has 1 aliphatic carbocycles. The van der Waals surface area contributed by atoms with Gasteiger partial charge in [0.15, 0.2) is 0 Å². The fraction of sp³-hybridized carbons (Fsp3) is 0.300. The normalized spacial score (nSPS) is 19.2. The first-order valence-electron chi connectivity index (χ1n) is 4.95. The second kappa shape index (κ2) is 5.72. The number of sulfonamides is 1.